The third-order valence-electron chi connectivity index (χ3n) is 1.12. The number of rotatable bonds is 1. The quantitative estimate of drug-likeness (QED) is 0.558. The van der Waals surface area contributed by atoms with E-state index in [4.69, 9.17) is 0 Å². The highest BCUT2D eigenvalue weighted by Crippen LogP contribution is 2.16. The zero-order valence-electron chi connectivity index (χ0n) is 4.97. The number of aldehydes is 1. The second-order valence-electron chi connectivity index (χ2n) is 1.75. The number of carbonyl (C=O) groups excluding carboxylic acids is 1. The third-order valence-corrected chi connectivity index (χ3v) is 3.00. The van der Waals surface area contributed by atoms with Gasteiger partial charge in [0.25, 0.3) is 0 Å². The lowest BCUT2D eigenvalue weighted by molar-refractivity contribution is 0.112. The molecule has 0 unspecified atom stereocenters. The smallest absolute Gasteiger partial charge is 0.152 e. The Bertz CT molecular complexity index is 238. The summed E-state index contributed by atoms with van der Waals surface area (Å²) in [6, 6.07) is 5.79. The van der Waals surface area contributed by atoms with Crippen molar-refractivity contribution < 1.29 is 4.79 Å². The lowest BCUT2D eigenvalue weighted by Crippen LogP contribution is -1.88. The average Bonchev–Trinajstić information content (AvgIpc) is 1.88. The van der Waals surface area contributed by atoms with Gasteiger partial charge in [0.2, 0.25) is 0 Å². The first-order valence-electron chi connectivity index (χ1n) is 2.65. The van der Waals surface area contributed by atoms with Gasteiger partial charge in [-0.2, -0.15) is 0 Å². The molecule has 1 aromatic carbocycles. The van der Waals surface area contributed by atoms with Crippen LogP contribution in [0.4, 0.5) is 0 Å². The Morgan fingerprint density at radius 3 is 2.00 bits per heavy atom. The maximum Gasteiger partial charge on any atom is 0.152 e. The molecule has 1 nitrogen and oxygen atoms in total. The molecule has 10 heavy (non-hydrogen) atoms. The second-order valence-corrected chi connectivity index (χ2v) is 4.08. The molecule has 0 aliphatic carbocycles. The number of hydrogen-bond acceptors (Lipinski definition) is 1. The molecule has 0 saturated heterocycles. The fraction of sp³-hybridized carbons (Fsp3) is 0. The van der Waals surface area contributed by atoms with Gasteiger partial charge < -0.3 is 0 Å². The fourth-order valence-corrected chi connectivity index (χ4v) is 2.39. The number of halogens is 2. The van der Waals surface area contributed by atoms with Gasteiger partial charge in [-0.3, -0.25) is 4.79 Å². The number of carbonyl (C=O) groups is 1. The van der Waals surface area contributed by atoms with Gasteiger partial charge >= 0.3 is 0 Å². The van der Waals surface area contributed by atoms with E-state index in [2.05, 4.69) is 45.2 Å². The van der Waals surface area contributed by atoms with Gasteiger partial charge in [-0.25, -0.2) is 0 Å². The lowest BCUT2D eigenvalue weighted by Gasteiger charge is -1.96. The molecule has 1 rings (SSSR count). The van der Waals surface area contributed by atoms with Gasteiger partial charge in [-0.05, 0) is 57.3 Å². The van der Waals surface area contributed by atoms with Gasteiger partial charge in [-0.1, -0.05) is 6.07 Å². The average molecular weight is 358 g/mol. The summed E-state index contributed by atoms with van der Waals surface area (Å²) in [6.45, 7) is 0. The van der Waals surface area contributed by atoms with Crippen molar-refractivity contribution in [2.45, 2.75) is 0 Å². The minimum Gasteiger partial charge on any atom is -0.298 e. The largest absolute Gasteiger partial charge is 0.298 e. The second kappa shape index (κ2) is 3.66. The van der Waals surface area contributed by atoms with Crippen LogP contribution in [-0.2, 0) is 0 Å². The molecule has 0 aromatic heterocycles. The molecule has 52 valence electrons. The zero-order valence-corrected chi connectivity index (χ0v) is 9.29. The first-order chi connectivity index (χ1) is 4.75. The van der Waals surface area contributed by atoms with Crippen molar-refractivity contribution in [1.82, 2.24) is 0 Å². The van der Waals surface area contributed by atoms with Crippen LogP contribution in [0.2, 0.25) is 0 Å². The summed E-state index contributed by atoms with van der Waals surface area (Å²) in [4.78, 5) is 10.4. The van der Waals surface area contributed by atoms with Crippen molar-refractivity contribution in [2.24, 2.45) is 0 Å². The zero-order chi connectivity index (χ0) is 7.56. The summed E-state index contributed by atoms with van der Waals surface area (Å²) < 4.78 is 2.03. The van der Waals surface area contributed by atoms with Gasteiger partial charge in [0, 0.05) is 12.7 Å². The van der Waals surface area contributed by atoms with Crippen LogP contribution in [0.3, 0.4) is 0 Å². The van der Waals surface area contributed by atoms with E-state index in [1.807, 2.05) is 18.2 Å². The Morgan fingerprint density at radius 1 is 1.20 bits per heavy atom. The van der Waals surface area contributed by atoms with Crippen molar-refractivity contribution in [1.29, 1.82) is 0 Å². The normalized spacial score (nSPS) is 9.40. The summed E-state index contributed by atoms with van der Waals surface area (Å²) in [7, 11) is 0. The highest BCUT2D eigenvalue weighted by Gasteiger charge is 2.00. The highest BCUT2D eigenvalue weighted by atomic mass is 127. The maximum atomic E-state index is 10.4. The third kappa shape index (κ3) is 1.69. The van der Waals surface area contributed by atoms with Crippen LogP contribution in [0.1, 0.15) is 10.4 Å². The molecule has 3 heteroatoms. The molecule has 1 aromatic rings. The van der Waals surface area contributed by atoms with Crippen molar-refractivity contribution >= 4 is 51.5 Å². The number of hydrogen-bond donors (Lipinski definition) is 0. The van der Waals surface area contributed by atoms with E-state index in [0.29, 0.717) is 0 Å². The van der Waals surface area contributed by atoms with Crippen molar-refractivity contribution in [3.63, 3.8) is 0 Å². The molecule has 0 aliphatic heterocycles. The van der Waals surface area contributed by atoms with E-state index in [0.717, 1.165) is 19.0 Å². The first kappa shape index (κ1) is 8.45. The van der Waals surface area contributed by atoms with E-state index in [1.165, 1.54) is 0 Å². The molecule has 0 bridgehead atoms. The van der Waals surface area contributed by atoms with Gasteiger partial charge in [-0.15, -0.1) is 0 Å². The molecule has 0 heterocycles. The molecular weight excluding hydrogens is 354 g/mol. The summed E-state index contributed by atoms with van der Waals surface area (Å²) in [5.41, 5.74) is 0.795. The van der Waals surface area contributed by atoms with Crippen LogP contribution in [0.25, 0.3) is 0 Å². The van der Waals surface area contributed by atoms with Crippen molar-refractivity contribution in [3.8, 4) is 0 Å². The van der Waals surface area contributed by atoms with Crippen LogP contribution in [0.15, 0.2) is 18.2 Å². The summed E-state index contributed by atoms with van der Waals surface area (Å²) in [6.07, 6.45) is 0.892. The van der Waals surface area contributed by atoms with Crippen LogP contribution >= 0.6 is 45.2 Å². The Hall–Kier alpha value is 0.350. The molecule has 0 saturated carbocycles. The Morgan fingerprint density at radius 2 is 1.70 bits per heavy atom. The van der Waals surface area contributed by atoms with Crippen LogP contribution in [-0.4, -0.2) is 6.29 Å². The predicted molar refractivity (Wildman–Crippen MR) is 57.3 cm³/mol. The van der Waals surface area contributed by atoms with Gasteiger partial charge in [0.1, 0.15) is 0 Å². The van der Waals surface area contributed by atoms with E-state index in [-0.39, 0.29) is 0 Å². The van der Waals surface area contributed by atoms with E-state index in [9.17, 15) is 4.79 Å². The summed E-state index contributed by atoms with van der Waals surface area (Å²) in [5, 5.41) is 0. The van der Waals surface area contributed by atoms with Gasteiger partial charge in [0.05, 0.1) is 0 Å². The van der Waals surface area contributed by atoms with Crippen LogP contribution in [0, 0.1) is 7.14 Å². The van der Waals surface area contributed by atoms with E-state index < -0.39 is 0 Å². The van der Waals surface area contributed by atoms with E-state index in [1.54, 1.807) is 0 Å². The molecule has 0 fully saturated rings. The summed E-state index contributed by atoms with van der Waals surface area (Å²) in [5.74, 6) is 0. The Labute approximate surface area is 86.5 Å². The number of benzene rings is 1. The maximum absolute atomic E-state index is 10.4. The molecular formula is C7H4I2O. The SMILES string of the molecule is O=Cc1c(I)cccc1I. The van der Waals surface area contributed by atoms with E-state index >= 15 is 0 Å². The molecule has 0 N–H and O–H groups in total. The van der Waals surface area contributed by atoms with Crippen LogP contribution in [0.5, 0.6) is 0 Å². The molecule has 0 atom stereocenters. The fourth-order valence-electron chi connectivity index (χ4n) is 0.623. The highest BCUT2D eigenvalue weighted by molar-refractivity contribution is 14.1. The molecule has 0 aliphatic rings. The Kier molecular flexibility index (Phi) is 3.09. The van der Waals surface area contributed by atoms with Crippen LogP contribution < -0.4 is 0 Å². The minimum absolute atomic E-state index is 0.795. The standard InChI is InChI=1S/C7H4I2O/c8-6-2-1-3-7(9)5(6)4-10/h1-4H. The summed E-state index contributed by atoms with van der Waals surface area (Å²) >= 11 is 4.30. The topological polar surface area (TPSA) is 17.1 Å². The Balaban J connectivity index is 3.30. The minimum atomic E-state index is 0.795. The lowest BCUT2D eigenvalue weighted by atomic mass is 10.2. The molecule has 0 amide bonds. The first-order valence-corrected chi connectivity index (χ1v) is 4.80. The molecule has 0 spiro atoms. The molecule has 0 radical (unpaired) electrons. The van der Waals surface area contributed by atoms with Crippen molar-refractivity contribution in [2.75, 3.05) is 0 Å². The van der Waals surface area contributed by atoms with Gasteiger partial charge in [0.15, 0.2) is 6.29 Å². The predicted octanol–water partition coefficient (Wildman–Crippen LogP) is 2.71. The van der Waals surface area contributed by atoms with Crippen molar-refractivity contribution in [3.05, 3.63) is 30.9 Å². The monoisotopic (exact) mass is 358 g/mol.